The highest BCUT2D eigenvalue weighted by molar-refractivity contribution is 9.09. The standard InChI is InChI=1S/C12H16BrNO4S/c1-3-9-4-5-10(8-11(9)12(15)18-2)19(16,17)14-7-6-13/h4-5,8,14H,3,6-7H2,1-2H3. The van der Waals surface area contributed by atoms with Crippen molar-refractivity contribution >= 4 is 31.9 Å². The van der Waals surface area contributed by atoms with E-state index < -0.39 is 16.0 Å². The minimum atomic E-state index is -3.60. The number of ether oxygens (including phenoxy) is 1. The molecule has 1 N–H and O–H groups in total. The van der Waals surface area contributed by atoms with Crippen LogP contribution in [0.3, 0.4) is 0 Å². The van der Waals surface area contributed by atoms with Gasteiger partial charge in [-0.3, -0.25) is 0 Å². The van der Waals surface area contributed by atoms with Gasteiger partial charge in [-0.15, -0.1) is 0 Å². The van der Waals surface area contributed by atoms with E-state index in [4.69, 9.17) is 0 Å². The van der Waals surface area contributed by atoms with Crippen LogP contribution in [0.25, 0.3) is 0 Å². The Morgan fingerprint density at radius 3 is 2.63 bits per heavy atom. The van der Waals surface area contributed by atoms with Crippen molar-refractivity contribution in [1.82, 2.24) is 4.72 Å². The number of aryl methyl sites for hydroxylation is 1. The number of sulfonamides is 1. The number of alkyl halides is 1. The van der Waals surface area contributed by atoms with Crippen molar-refractivity contribution in [3.8, 4) is 0 Å². The lowest BCUT2D eigenvalue weighted by Gasteiger charge is -2.10. The first kappa shape index (κ1) is 16.1. The zero-order valence-electron chi connectivity index (χ0n) is 10.8. The number of benzene rings is 1. The molecular formula is C12H16BrNO4S. The van der Waals surface area contributed by atoms with Gasteiger partial charge in [0.1, 0.15) is 0 Å². The minimum Gasteiger partial charge on any atom is -0.465 e. The summed E-state index contributed by atoms with van der Waals surface area (Å²) in [5.41, 5.74) is 1.04. The van der Waals surface area contributed by atoms with E-state index >= 15 is 0 Å². The summed E-state index contributed by atoms with van der Waals surface area (Å²) in [6.45, 7) is 2.17. The molecule has 0 amide bonds. The van der Waals surface area contributed by atoms with Gasteiger partial charge in [-0.2, -0.15) is 0 Å². The van der Waals surface area contributed by atoms with Gasteiger partial charge in [0.15, 0.2) is 0 Å². The Bertz CT molecular complexity index is 557. The number of nitrogens with one attached hydrogen (secondary N) is 1. The molecule has 0 saturated heterocycles. The number of rotatable bonds is 6. The van der Waals surface area contributed by atoms with E-state index in [-0.39, 0.29) is 17.0 Å². The molecule has 0 aliphatic rings. The minimum absolute atomic E-state index is 0.0612. The lowest BCUT2D eigenvalue weighted by molar-refractivity contribution is 0.0599. The predicted octanol–water partition coefficient (Wildman–Crippen LogP) is 1.71. The Morgan fingerprint density at radius 1 is 1.42 bits per heavy atom. The van der Waals surface area contributed by atoms with Crippen LogP contribution in [0.2, 0.25) is 0 Å². The number of halogens is 1. The van der Waals surface area contributed by atoms with Gasteiger partial charge in [-0.1, -0.05) is 28.9 Å². The van der Waals surface area contributed by atoms with E-state index in [1.54, 1.807) is 6.07 Å². The lowest BCUT2D eigenvalue weighted by Crippen LogP contribution is -2.26. The molecule has 0 unspecified atom stereocenters. The van der Waals surface area contributed by atoms with Crippen molar-refractivity contribution in [3.05, 3.63) is 29.3 Å². The molecule has 7 heteroatoms. The van der Waals surface area contributed by atoms with Crippen LogP contribution in [-0.2, 0) is 21.2 Å². The molecule has 1 aromatic rings. The number of esters is 1. The van der Waals surface area contributed by atoms with Crippen molar-refractivity contribution < 1.29 is 17.9 Å². The smallest absolute Gasteiger partial charge is 0.338 e. The van der Waals surface area contributed by atoms with Crippen molar-refractivity contribution in [3.63, 3.8) is 0 Å². The van der Waals surface area contributed by atoms with Crippen molar-refractivity contribution in [2.75, 3.05) is 19.0 Å². The Morgan fingerprint density at radius 2 is 2.11 bits per heavy atom. The highest BCUT2D eigenvalue weighted by atomic mass is 79.9. The molecule has 1 rings (SSSR count). The number of carbonyl (C=O) groups excluding carboxylic acids is 1. The van der Waals surface area contributed by atoms with Gasteiger partial charge in [0, 0.05) is 11.9 Å². The quantitative estimate of drug-likeness (QED) is 0.626. The van der Waals surface area contributed by atoms with Crippen LogP contribution in [0.1, 0.15) is 22.8 Å². The summed E-state index contributed by atoms with van der Waals surface area (Å²) in [7, 11) is -2.33. The van der Waals surface area contributed by atoms with Crippen LogP contribution in [0, 0.1) is 0 Å². The first-order valence-corrected chi connectivity index (χ1v) is 8.33. The molecule has 0 aliphatic carbocycles. The first-order chi connectivity index (χ1) is 8.96. The zero-order valence-corrected chi connectivity index (χ0v) is 13.2. The summed E-state index contributed by atoms with van der Waals surface area (Å²) in [5.74, 6) is -0.533. The van der Waals surface area contributed by atoms with Crippen molar-refractivity contribution in [2.24, 2.45) is 0 Å². The summed E-state index contributed by atoms with van der Waals surface area (Å²) in [5, 5.41) is 0.517. The molecule has 0 atom stereocenters. The van der Waals surface area contributed by atoms with E-state index in [0.29, 0.717) is 11.8 Å². The maximum Gasteiger partial charge on any atom is 0.338 e. The third-order valence-corrected chi connectivity index (χ3v) is 4.42. The fraction of sp³-hybridized carbons (Fsp3) is 0.417. The third kappa shape index (κ3) is 4.02. The molecule has 0 heterocycles. The maximum atomic E-state index is 12.0. The van der Waals surface area contributed by atoms with Gasteiger partial charge in [-0.05, 0) is 24.1 Å². The average Bonchev–Trinajstić information content (AvgIpc) is 2.43. The molecule has 19 heavy (non-hydrogen) atoms. The molecule has 0 spiro atoms. The van der Waals surface area contributed by atoms with Crippen LogP contribution < -0.4 is 4.72 Å². The second-order valence-corrected chi connectivity index (χ2v) is 6.31. The normalized spacial score (nSPS) is 11.3. The van der Waals surface area contributed by atoms with Gasteiger partial charge in [0.2, 0.25) is 10.0 Å². The monoisotopic (exact) mass is 349 g/mol. The van der Waals surface area contributed by atoms with Crippen LogP contribution in [0.4, 0.5) is 0 Å². The summed E-state index contributed by atoms with van der Waals surface area (Å²) < 4.78 is 31.0. The highest BCUT2D eigenvalue weighted by Gasteiger charge is 2.18. The molecule has 106 valence electrons. The van der Waals surface area contributed by atoms with Crippen LogP contribution in [-0.4, -0.2) is 33.4 Å². The molecule has 0 fully saturated rings. The maximum absolute atomic E-state index is 12.0. The average molecular weight is 350 g/mol. The largest absolute Gasteiger partial charge is 0.465 e. The van der Waals surface area contributed by atoms with Crippen LogP contribution in [0.15, 0.2) is 23.1 Å². The van der Waals surface area contributed by atoms with Gasteiger partial charge >= 0.3 is 5.97 Å². The fourth-order valence-corrected chi connectivity index (χ4v) is 3.11. The highest BCUT2D eigenvalue weighted by Crippen LogP contribution is 2.17. The van der Waals surface area contributed by atoms with Crippen LogP contribution in [0.5, 0.6) is 0 Å². The summed E-state index contributed by atoms with van der Waals surface area (Å²) in [6, 6.07) is 4.47. The van der Waals surface area contributed by atoms with Crippen LogP contribution >= 0.6 is 15.9 Å². The van der Waals surface area contributed by atoms with Gasteiger partial charge in [-0.25, -0.2) is 17.9 Å². The molecule has 0 radical (unpaired) electrons. The second kappa shape index (κ2) is 7.02. The molecular weight excluding hydrogens is 334 g/mol. The molecule has 0 aromatic heterocycles. The second-order valence-electron chi connectivity index (χ2n) is 3.75. The molecule has 0 aliphatic heterocycles. The Kier molecular flexibility index (Phi) is 5.96. The first-order valence-electron chi connectivity index (χ1n) is 5.73. The zero-order chi connectivity index (χ0) is 14.5. The van der Waals surface area contributed by atoms with Crippen molar-refractivity contribution in [1.29, 1.82) is 0 Å². The van der Waals surface area contributed by atoms with E-state index in [9.17, 15) is 13.2 Å². The molecule has 5 nitrogen and oxygen atoms in total. The SMILES string of the molecule is CCc1ccc(S(=O)(=O)NCCBr)cc1C(=O)OC. The van der Waals surface area contributed by atoms with Gasteiger partial charge < -0.3 is 4.74 Å². The summed E-state index contributed by atoms with van der Waals surface area (Å²) in [4.78, 5) is 11.7. The summed E-state index contributed by atoms with van der Waals surface area (Å²) >= 11 is 3.15. The lowest BCUT2D eigenvalue weighted by atomic mass is 10.1. The van der Waals surface area contributed by atoms with Gasteiger partial charge in [0.25, 0.3) is 0 Å². The summed E-state index contributed by atoms with van der Waals surface area (Å²) in [6.07, 6.45) is 0.625. The Hall–Kier alpha value is -0.920. The topological polar surface area (TPSA) is 72.5 Å². The number of methoxy groups -OCH3 is 1. The Balaban J connectivity index is 3.21. The number of carbonyl (C=O) groups is 1. The Labute approximate surface area is 121 Å². The molecule has 0 bridgehead atoms. The van der Waals surface area contributed by atoms with E-state index in [1.807, 2.05) is 6.92 Å². The van der Waals surface area contributed by atoms with Crippen molar-refractivity contribution in [2.45, 2.75) is 18.2 Å². The molecule has 0 saturated carbocycles. The fourth-order valence-electron chi connectivity index (χ4n) is 1.59. The van der Waals surface area contributed by atoms with Gasteiger partial charge in [0.05, 0.1) is 17.6 Å². The molecule has 1 aromatic carbocycles. The van der Waals surface area contributed by atoms with E-state index in [2.05, 4.69) is 25.4 Å². The van der Waals surface area contributed by atoms with E-state index in [0.717, 1.165) is 5.56 Å². The van der Waals surface area contributed by atoms with E-state index in [1.165, 1.54) is 19.2 Å². The number of hydrogen-bond donors (Lipinski definition) is 1. The third-order valence-electron chi connectivity index (χ3n) is 2.56. The number of hydrogen-bond acceptors (Lipinski definition) is 4. The predicted molar refractivity (Wildman–Crippen MR) is 76.1 cm³/mol.